The monoisotopic (exact) mass is 506 g/mol. The zero-order valence-electron chi connectivity index (χ0n) is 22.1. The van der Waals surface area contributed by atoms with Gasteiger partial charge in [-0.15, -0.1) is 0 Å². The molecule has 1 aromatic rings. The fourth-order valence-corrected chi connectivity index (χ4v) is 4.17. The maximum Gasteiger partial charge on any atom is 0.337 e. The molecule has 1 aromatic carbocycles. The molecule has 2 amide bonds. The van der Waals surface area contributed by atoms with Crippen molar-refractivity contribution in [3.05, 3.63) is 29.3 Å². The van der Waals surface area contributed by atoms with Crippen LogP contribution < -0.4 is 10.6 Å². The molecule has 0 spiro atoms. The number of amides is 2. The molecule has 0 fully saturated rings. The number of aliphatic hydroxyl groups excluding tert-OH is 2. The van der Waals surface area contributed by atoms with Gasteiger partial charge in [-0.1, -0.05) is 77.6 Å². The molecule has 0 radical (unpaired) electrons. The molecular formula is C28H46N2O6. The summed E-state index contributed by atoms with van der Waals surface area (Å²) in [6, 6.07) is 4.12. The van der Waals surface area contributed by atoms with Crippen molar-refractivity contribution in [2.45, 2.75) is 116 Å². The van der Waals surface area contributed by atoms with Crippen molar-refractivity contribution < 1.29 is 29.7 Å². The van der Waals surface area contributed by atoms with Crippen molar-refractivity contribution >= 4 is 23.5 Å². The summed E-state index contributed by atoms with van der Waals surface area (Å²) in [4.78, 5) is 35.0. The normalized spacial score (nSPS) is 12.7. The van der Waals surface area contributed by atoms with Gasteiger partial charge in [-0.3, -0.25) is 9.59 Å². The van der Waals surface area contributed by atoms with E-state index < -0.39 is 24.1 Å². The molecule has 0 aliphatic heterocycles. The van der Waals surface area contributed by atoms with Crippen LogP contribution in [0.3, 0.4) is 0 Å². The molecule has 0 bridgehead atoms. The lowest BCUT2D eigenvalue weighted by Crippen LogP contribution is -2.25. The van der Waals surface area contributed by atoms with Crippen molar-refractivity contribution in [3.63, 3.8) is 0 Å². The molecule has 5 N–H and O–H groups in total. The van der Waals surface area contributed by atoms with Crippen LogP contribution in [0.4, 0.5) is 5.69 Å². The van der Waals surface area contributed by atoms with E-state index in [1.54, 1.807) is 0 Å². The molecule has 0 aliphatic carbocycles. The van der Waals surface area contributed by atoms with Crippen LogP contribution in [0.2, 0.25) is 0 Å². The fourth-order valence-electron chi connectivity index (χ4n) is 4.17. The van der Waals surface area contributed by atoms with Crippen molar-refractivity contribution in [2.75, 3.05) is 11.9 Å². The van der Waals surface area contributed by atoms with Gasteiger partial charge < -0.3 is 26.0 Å². The maximum atomic E-state index is 12.4. The van der Waals surface area contributed by atoms with Gasteiger partial charge in [0.1, 0.15) is 0 Å². The molecular weight excluding hydrogens is 460 g/mol. The van der Waals surface area contributed by atoms with Crippen molar-refractivity contribution in [2.24, 2.45) is 0 Å². The first-order chi connectivity index (χ1) is 17.3. The lowest BCUT2D eigenvalue weighted by molar-refractivity contribution is -0.114. The highest BCUT2D eigenvalue weighted by atomic mass is 16.4. The summed E-state index contributed by atoms with van der Waals surface area (Å²) in [5, 5.41) is 34.8. The van der Waals surface area contributed by atoms with Crippen molar-refractivity contribution in [1.29, 1.82) is 0 Å². The molecule has 0 saturated carbocycles. The lowest BCUT2D eigenvalue weighted by atomic mass is 9.99. The fraction of sp³-hybridized carbons (Fsp3) is 0.679. The maximum absolute atomic E-state index is 12.4. The molecule has 2 unspecified atom stereocenters. The Balaban J connectivity index is 2.14. The van der Waals surface area contributed by atoms with E-state index in [0.717, 1.165) is 51.4 Å². The third kappa shape index (κ3) is 13.6. The summed E-state index contributed by atoms with van der Waals surface area (Å²) >= 11 is 0. The van der Waals surface area contributed by atoms with Crippen LogP contribution in [-0.2, 0) is 4.79 Å². The van der Waals surface area contributed by atoms with Gasteiger partial charge in [0.25, 0.3) is 5.91 Å². The van der Waals surface area contributed by atoms with Gasteiger partial charge in [0.15, 0.2) is 0 Å². The van der Waals surface area contributed by atoms with E-state index in [1.165, 1.54) is 50.8 Å². The van der Waals surface area contributed by atoms with Gasteiger partial charge in [-0.2, -0.15) is 0 Å². The highest BCUT2D eigenvalue weighted by Gasteiger charge is 2.16. The Bertz CT molecular complexity index is 798. The van der Waals surface area contributed by atoms with Gasteiger partial charge in [-0.05, 0) is 37.5 Å². The number of carbonyl (C=O) groups excluding carboxylic acids is 2. The van der Waals surface area contributed by atoms with Crippen LogP contribution in [0.15, 0.2) is 18.2 Å². The van der Waals surface area contributed by atoms with Crippen LogP contribution in [0.5, 0.6) is 0 Å². The number of benzene rings is 1. The third-order valence-corrected chi connectivity index (χ3v) is 6.33. The Labute approximate surface area is 215 Å². The Morgan fingerprint density at radius 3 is 1.86 bits per heavy atom. The molecule has 0 heterocycles. The lowest BCUT2D eigenvalue weighted by Gasteiger charge is -2.17. The highest BCUT2D eigenvalue weighted by molar-refractivity contribution is 6.03. The molecule has 0 saturated heterocycles. The second-order valence-electron chi connectivity index (χ2n) is 9.60. The number of anilines is 1. The average Bonchev–Trinajstić information content (AvgIpc) is 2.84. The Kier molecular flexibility index (Phi) is 16.5. The molecule has 0 aliphatic rings. The number of hydrogen-bond acceptors (Lipinski definition) is 5. The number of rotatable bonds is 20. The summed E-state index contributed by atoms with van der Waals surface area (Å²) in [7, 11) is 0. The SMILES string of the molecule is CCCCCCCCC(O)C(O)CCCCCCCCNC(=O)c1ccc(C(=O)O)c(NC(C)=O)c1. The van der Waals surface area contributed by atoms with Crippen molar-refractivity contribution in [1.82, 2.24) is 5.32 Å². The van der Waals surface area contributed by atoms with E-state index in [4.69, 9.17) is 0 Å². The molecule has 36 heavy (non-hydrogen) atoms. The highest BCUT2D eigenvalue weighted by Crippen LogP contribution is 2.19. The van der Waals surface area contributed by atoms with Crippen molar-refractivity contribution in [3.8, 4) is 0 Å². The minimum Gasteiger partial charge on any atom is -0.478 e. The second kappa shape index (κ2) is 18.8. The van der Waals surface area contributed by atoms with E-state index in [0.29, 0.717) is 24.9 Å². The van der Waals surface area contributed by atoms with Crippen LogP contribution in [0.25, 0.3) is 0 Å². The largest absolute Gasteiger partial charge is 0.478 e. The number of carbonyl (C=O) groups is 3. The van der Waals surface area contributed by atoms with Gasteiger partial charge in [0.05, 0.1) is 23.5 Å². The number of carboxylic acid groups (broad SMARTS) is 1. The first kappa shape index (κ1) is 31.6. The molecule has 0 aromatic heterocycles. The number of hydrogen-bond donors (Lipinski definition) is 5. The second-order valence-corrected chi connectivity index (χ2v) is 9.60. The molecule has 1 rings (SSSR count). The van der Waals surface area contributed by atoms with Crippen LogP contribution in [-0.4, -0.2) is 51.9 Å². The van der Waals surface area contributed by atoms with E-state index in [-0.39, 0.29) is 17.2 Å². The third-order valence-electron chi connectivity index (χ3n) is 6.33. The van der Waals surface area contributed by atoms with Crippen LogP contribution in [0.1, 0.15) is 124 Å². The molecule has 204 valence electrons. The van der Waals surface area contributed by atoms with Gasteiger partial charge >= 0.3 is 5.97 Å². The van der Waals surface area contributed by atoms with Crippen LogP contribution in [0, 0.1) is 0 Å². The number of aromatic carboxylic acids is 1. The summed E-state index contributed by atoms with van der Waals surface area (Å²) in [5.41, 5.74) is 0.324. The van der Waals surface area contributed by atoms with E-state index >= 15 is 0 Å². The standard InChI is InChI=1S/C28H46N2O6/c1-3-4-5-6-9-12-15-25(32)26(33)16-13-10-7-8-11-14-19-29-27(34)22-17-18-23(28(35)36)24(20-22)30-21(2)31/h17-18,20,25-26,32-33H,3-16,19H2,1-2H3,(H,29,34)(H,30,31)(H,35,36). The Hall–Kier alpha value is -2.45. The first-order valence-electron chi connectivity index (χ1n) is 13.6. The number of nitrogens with one attached hydrogen (secondary N) is 2. The first-order valence-corrected chi connectivity index (χ1v) is 13.6. The Morgan fingerprint density at radius 2 is 1.33 bits per heavy atom. The van der Waals surface area contributed by atoms with E-state index in [2.05, 4.69) is 17.6 Å². The predicted molar refractivity (Wildman–Crippen MR) is 142 cm³/mol. The van der Waals surface area contributed by atoms with E-state index in [1.807, 2.05) is 0 Å². The van der Waals surface area contributed by atoms with Crippen LogP contribution >= 0.6 is 0 Å². The summed E-state index contributed by atoms with van der Waals surface area (Å²) in [5.74, 6) is -1.90. The number of aliphatic hydroxyl groups is 2. The summed E-state index contributed by atoms with van der Waals surface area (Å²) in [6.45, 7) is 3.99. The predicted octanol–water partition coefficient (Wildman–Crippen LogP) is 5.28. The molecule has 8 nitrogen and oxygen atoms in total. The smallest absolute Gasteiger partial charge is 0.337 e. The number of carboxylic acids is 1. The zero-order valence-corrected chi connectivity index (χ0v) is 22.1. The molecule has 8 heteroatoms. The number of unbranched alkanes of at least 4 members (excludes halogenated alkanes) is 10. The zero-order chi connectivity index (χ0) is 26.8. The van der Waals surface area contributed by atoms with Gasteiger partial charge in [0, 0.05) is 19.0 Å². The molecule has 2 atom stereocenters. The Morgan fingerprint density at radius 1 is 0.806 bits per heavy atom. The summed E-state index contributed by atoms with van der Waals surface area (Å²) < 4.78 is 0. The van der Waals surface area contributed by atoms with Gasteiger partial charge in [-0.25, -0.2) is 4.79 Å². The van der Waals surface area contributed by atoms with Gasteiger partial charge in [0.2, 0.25) is 5.91 Å². The minimum absolute atomic E-state index is 0.0680. The summed E-state index contributed by atoms with van der Waals surface area (Å²) in [6.07, 6.45) is 12.9. The quantitative estimate of drug-likeness (QED) is 0.153. The topological polar surface area (TPSA) is 136 Å². The minimum atomic E-state index is -1.18. The van der Waals surface area contributed by atoms with E-state index in [9.17, 15) is 29.7 Å². The average molecular weight is 507 g/mol.